The normalized spacial score (nSPS) is 15.4. The summed E-state index contributed by atoms with van der Waals surface area (Å²) in [5, 5.41) is 61.6. The number of carbonyl (C=O) groups is 9. The van der Waals surface area contributed by atoms with E-state index in [-0.39, 0.29) is 129 Å². The summed E-state index contributed by atoms with van der Waals surface area (Å²) in [6, 6.07) is 10.4. The summed E-state index contributed by atoms with van der Waals surface area (Å²) in [5.74, 6) is -7.65. The number of nitrogens with one attached hydrogen (secondary N) is 3. The number of carboxylic acids is 5. The first kappa shape index (κ1) is 55.4. The first-order valence-corrected chi connectivity index (χ1v) is 22.6. The minimum absolute atomic E-state index is 0.0392. The van der Waals surface area contributed by atoms with Crippen LogP contribution in [0.2, 0.25) is 0 Å². The number of hydrogen-bond donors (Lipinski definition) is 8. The Balaban J connectivity index is 1.64. The van der Waals surface area contributed by atoms with Gasteiger partial charge < -0.3 is 51.5 Å². The maximum Gasteiger partial charge on any atom is 0.538 e. The zero-order valence-electron chi connectivity index (χ0n) is 36.9. The van der Waals surface area contributed by atoms with Crippen molar-refractivity contribution >= 4 is 76.3 Å². The lowest BCUT2D eigenvalue weighted by atomic mass is 10.1. The molecule has 0 aliphatic carbocycles. The second-order valence-corrected chi connectivity index (χ2v) is 17.2. The molecule has 368 valence electrons. The summed E-state index contributed by atoms with van der Waals surface area (Å²) in [4.78, 5) is 117. The quantitative estimate of drug-likeness (QED) is 0.0351. The van der Waals surface area contributed by atoms with Gasteiger partial charge in [-0.15, -0.1) is 0 Å². The Hall–Kier alpha value is -5.96. The van der Waals surface area contributed by atoms with Gasteiger partial charge >= 0.3 is 41.8 Å². The number of hydrogen-bond acceptors (Lipinski definition) is 13. The van der Waals surface area contributed by atoms with Crippen LogP contribution in [0.1, 0.15) is 53.6 Å². The van der Waals surface area contributed by atoms with Crippen LogP contribution < -0.4 is 16.0 Å². The van der Waals surface area contributed by atoms with Gasteiger partial charge in [-0.3, -0.25) is 48.4 Å². The summed E-state index contributed by atoms with van der Waals surface area (Å²) < 4.78 is 0.995. The first-order valence-electron chi connectivity index (χ1n) is 21.5. The van der Waals surface area contributed by atoms with Gasteiger partial charge in [-0.25, -0.2) is 9.59 Å². The smallest absolute Gasteiger partial charge is 0.538 e. The van der Waals surface area contributed by atoms with E-state index in [1.54, 1.807) is 48.8 Å². The van der Waals surface area contributed by atoms with Crippen LogP contribution in [0, 0.1) is 3.57 Å². The molecule has 0 spiro atoms. The van der Waals surface area contributed by atoms with Gasteiger partial charge in [0.2, 0.25) is 5.91 Å². The third-order valence-electron chi connectivity index (χ3n) is 10.7. The van der Waals surface area contributed by atoms with Gasteiger partial charge in [-0.1, -0.05) is 24.3 Å². The molecule has 24 heteroatoms. The molecule has 23 nitrogen and oxygen atoms in total. The summed E-state index contributed by atoms with van der Waals surface area (Å²) in [6.07, 6.45) is -0.261. The third kappa shape index (κ3) is 22.4. The van der Waals surface area contributed by atoms with Gasteiger partial charge in [-0.05, 0) is 83.7 Å². The Morgan fingerprint density at radius 2 is 1.06 bits per heavy atom. The molecule has 0 bridgehead atoms. The molecule has 4 amide bonds. The number of carbonyl (C=O) groups excluding carboxylic acids is 4. The van der Waals surface area contributed by atoms with E-state index in [0.717, 1.165) is 9.13 Å². The number of carboxylic acid groups (broad SMARTS) is 5. The molecular weight excluding hydrogens is 995 g/mol. The van der Waals surface area contributed by atoms with E-state index in [2.05, 4.69) is 38.5 Å². The molecule has 1 aliphatic heterocycles. The fourth-order valence-electron chi connectivity index (χ4n) is 7.06. The Bertz CT molecular complexity index is 1980. The molecule has 2 aromatic rings. The van der Waals surface area contributed by atoms with Crippen molar-refractivity contribution < 1.29 is 73.8 Å². The zero-order chi connectivity index (χ0) is 49.5. The predicted octanol–water partition coefficient (Wildman–Crippen LogP) is -0.567. The highest BCUT2D eigenvalue weighted by molar-refractivity contribution is 14.1. The van der Waals surface area contributed by atoms with Crippen LogP contribution in [0.15, 0.2) is 48.5 Å². The van der Waals surface area contributed by atoms with Crippen LogP contribution in [-0.2, 0) is 46.7 Å². The van der Waals surface area contributed by atoms with Gasteiger partial charge in [0.15, 0.2) is 6.04 Å². The lowest BCUT2D eigenvalue weighted by Gasteiger charge is -2.32. The van der Waals surface area contributed by atoms with Crippen LogP contribution in [0.5, 0.6) is 0 Å². The van der Waals surface area contributed by atoms with Crippen LogP contribution in [0.3, 0.4) is 0 Å². The SMILES string of the molecule is O=C(O)CC[C@@H](NC(=O)N[C@H](CCCCN(Cc1ccc(I)cc1)C(=O)c1ccc(CNC(=O)CN2CCN(CC(=O)O)CCN(CC(=O)O)CCN(CC(=O)O)CC2)cc1)C(=O)O)C(=O)[OH2+]. The summed E-state index contributed by atoms with van der Waals surface area (Å²) >= 11 is 2.17. The summed E-state index contributed by atoms with van der Waals surface area (Å²) in [6.45, 7) is 1.66. The number of benzene rings is 2. The molecule has 0 aromatic heterocycles. The van der Waals surface area contributed by atoms with Gasteiger partial charge in [0.1, 0.15) is 6.04 Å². The van der Waals surface area contributed by atoms with E-state index in [4.69, 9.17) is 10.2 Å². The predicted molar refractivity (Wildman–Crippen MR) is 247 cm³/mol. The van der Waals surface area contributed by atoms with E-state index in [1.165, 1.54) is 0 Å². The van der Waals surface area contributed by atoms with Crippen LogP contribution in [-0.4, -0.2) is 206 Å². The van der Waals surface area contributed by atoms with Crippen molar-refractivity contribution in [1.29, 1.82) is 0 Å². The highest BCUT2D eigenvalue weighted by Crippen LogP contribution is 2.16. The fraction of sp³-hybridized carbons (Fsp3) is 0.512. The van der Waals surface area contributed by atoms with Crippen LogP contribution in [0.25, 0.3) is 0 Å². The molecule has 1 saturated heterocycles. The van der Waals surface area contributed by atoms with Crippen LogP contribution in [0.4, 0.5) is 4.79 Å². The summed E-state index contributed by atoms with van der Waals surface area (Å²) in [7, 11) is 0. The van der Waals surface area contributed by atoms with Crippen molar-refractivity contribution in [2.45, 2.75) is 57.3 Å². The first-order chi connectivity index (χ1) is 31.8. The highest BCUT2D eigenvalue weighted by atomic mass is 127. The van der Waals surface area contributed by atoms with Crippen molar-refractivity contribution in [2.75, 3.05) is 85.1 Å². The topological polar surface area (TPSA) is 330 Å². The van der Waals surface area contributed by atoms with Crippen molar-refractivity contribution in [1.82, 2.24) is 40.4 Å². The second kappa shape index (κ2) is 28.9. The van der Waals surface area contributed by atoms with E-state index in [0.29, 0.717) is 17.5 Å². The molecule has 1 fully saturated rings. The van der Waals surface area contributed by atoms with Gasteiger partial charge in [-0.2, -0.15) is 0 Å². The number of nitrogens with zero attached hydrogens (tertiary/aromatic N) is 5. The second-order valence-electron chi connectivity index (χ2n) is 16.0. The van der Waals surface area contributed by atoms with E-state index < -0.39 is 60.4 Å². The molecule has 0 radical (unpaired) electrons. The Labute approximate surface area is 400 Å². The van der Waals surface area contributed by atoms with Crippen molar-refractivity contribution in [2.24, 2.45) is 0 Å². The molecular formula is C43H60IN8O15+. The molecule has 2 atom stereocenters. The lowest BCUT2D eigenvalue weighted by Crippen LogP contribution is -2.51. The van der Waals surface area contributed by atoms with Crippen molar-refractivity contribution in [3.63, 3.8) is 0 Å². The van der Waals surface area contributed by atoms with Crippen LogP contribution >= 0.6 is 22.6 Å². The molecule has 10 N–H and O–H groups in total. The van der Waals surface area contributed by atoms with Crippen molar-refractivity contribution in [3.8, 4) is 0 Å². The van der Waals surface area contributed by atoms with Gasteiger partial charge in [0.05, 0.1) is 26.2 Å². The molecule has 1 aliphatic rings. The Kier molecular flexibility index (Phi) is 23.9. The maximum absolute atomic E-state index is 13.9. The Morgan fingerprint density at radius 1 is 0.597 bits per heavy atom. The molecule has 67 heavy (non-hydrogen) atoms. The molecule has 3 rings (SSSR count). The van der Waals surface area contributed by atoms with Crippen molar-refractivity contribution in [3.05, 3.63) is 68.8 Å². The van der Waals surface area contributed by atoms with E-state index in [9.17, 15) is 63.6 Å². The average Bonchev–Trinajstić information content (AvgIpc) is 3.25. The largest absolute Gasteiger partial charge is 0.563 e. The number of urea groups is 1. The number of halogens is 1. The molecule has 0 saturated carbocycles. The van der Waals surface area contributed by atoms with E-state index >= 15 is 0 Å². The molecule has 1 heterocycles. The average molecular weight is 1060 g/mol. The standard InChI is InChI=1S/C43H59IN8O15/c44-32-10-6-30(7-11-32)24-52(14-2-1-3-33(41(63)64)46-43(67)47-34(42(65)66)12-13-36(54)55)40(62)31-8-4-29(5-9-31)23-45-35(53)25-48-15-17-49(26-37(56)57)19-21-51(28-39(60)61)22-20-50(18-16-48)27-38(58)59/h4-11,33-34H,1-3,12-28H2,(H,45,53)(H,54,55)(H,56,57)(H,58,59)(H,60,61)(H,63,64)(H,65,66)(H2,46,47,67)/p+1/t33-,34-/m1/s1. The number of unbranched alkanes of at least 4 members (excludes halogenated alkanes) is 1. The summed E-state index contributed by atoms with van der Waals surface area (Å²) in [5.41, 5.74) is 1.89. The molecule has 2 aromatic carbocycles. The number of aliphatic carboxylic acids is 5. The zero-order valence-corrected chi connectivity index (χ0v) is 39.1. The maximum atomic E-state index is 13.9. The lowest BCUT2D eigenvalue weighted by molar-refractivity contribution is -0.141. The fourth-order valence-corrected chi connectivity index (χ4v) is 7.42. The number of rotatable bonds is 25. The van der Waals surface area contributed by atoms with Gasteiger partial charge in [0.25, 0.3) is 5.91 Å². The minimum Gasteiger partial charge on any atom is -0.563 e. The third-order valence-corrected chi connectivity index (χ3v) is 11.4. The molecule has 0 unspecified atom stereocenters. The minimum atomic E-state index is -1.43. The number of amides is 4. The highest BCUT2D eigenvalue weighted by Gasteiger charge is 2.29. The monoisotopic (exact) mass is 1060 g/mol. The van der Waals surface area contributed by atoms with E-state index in [1.807, 2.05) is 24.3 Å². The Morgan fingerprint density at radius 3 is 1.51 bits per heavy atom. The van der Waals surface area contributed by atoms with Gasteiger partial charge in [0, 0.05) is 92.3 Å².